The normalized spacial score (nSPS) is 12.7. The molecule has 90 valence electrons. The Bertz CT molecular complexity index is 524. The molecule has 1 heterocycles. The number of aromatic nitrogens is 2. The highest BCUT2D eigenvalue weighted by molar-refractivity contribution is 9.10. The number of nitrogens with zero attached hydrogens (tertiary/aromatic N) is 2. The summed E-state index contributed by atoms with van der Waals surface area (Å²) in [6.07, 6.45) is 4.13. The number of hydrogen-bond donors (Lipinski definition) is 1. The minimum Gasteiger partial charge on any atom is -0.340 e. The molecule has 2 N–H and O–H groups in total. The van der Waals surface area contributed by atoms with Crippen molar-refractivity contribution >= 4 is 15.9 Å². The standard InChI is InChI=1S/C12H13BrFN3/c1-17-6-12(16-7-17)11(15)5-8-4-9(14)2-3-10(8)13/h2-4,6-7,11H,5,15H2,1H3. The second-order valence-electron chi connectivity index (χ2n) is 4.01. The third-order valence-electron chi connectivity index (χ3n) is 2.55. The quantitative estimate of drug-likeness (QED) is 0.946. The van der Waals surface area contributed by atoms with Crippen molar-refractivity contribution in [2.24, 2.45) is 12.8 Å². The van der Waals surface area contributed by atoms with E-state index in [0.29, 0.717) is 6.42 Å². The van der Waals surface area contributed by atoms with Gasteiger partial charge in [0.1, 0.15) is 5.82 Å². The summed E-state index contributed by atoms with van der Waals surface area (Å²) >= 11 is 3.39. The van der Waals surface area contributed by atoms with E-state index >= 15 is 0 Å². The minimum absolute atomic E-state index is 0.228. The van der Waals surface area contributed by atoms with Crippen molar-refractivity contribution in [3.63, 3.8) is 0 Å². The fourth-order valence-electron chi connectivity index (χ4n) is 1.67. The van der Waals surface area contributed by atoms with Crippen LogP contribution in [-0.2, 0) is 13.5 Å². The highest BCUT2D eigenvalue weighted by Gasteiger charge is 2.12. The molecule has 1 aromatic carbocycles. The lowest BCUT2D eigenvalue weighted by atomic mass is 10.0. The molecule has 17 heavy (non-hydrogen) atoms. The van der Waals surface area contributed by atoms with E-state index in [4.69, 9.17) is 5.73 Å². The molecule has 1 aromatic heterocycles. The Morgan fingerprint density at radius 1 is 1.53 bits per heavy atom. The zero-order valence-electron chi connectivity index (χ0n) is 9.40. The van der Waals surface area contributed by atoms with E-state index in [1.54, 1.807) is 12.4 Å². The zero-order chi connectivity index (χ0) is 12.4. The van der Waals surface area contributed by atoms with Crippen LogP contribution in [0, 0.1) is 5.82 Å². The summed E-state index contributed by atoms with van der Waals surface area (Å²) in [5.41, 5.74) is 7.70. The molecule has 0 aliphatic rings. The van der Waals surface area contributed by atoms with E-state index in [9.17, 15) is 4.39 Å². The van der Waals surface area contributed by atoms with E-state index in [0.717, 1.165) is 15.7 Å². The maximum Gasteiger partial charge on any atom is 0.123 e. The number of aryl methyl sites for hydroxylation is 1. The van der Waals surface area contributed by atoms with E-state index < -0.39 is 0 Å². The zero-order valence-corrected chi connectivity index (χ0v) is 11.0. The van der Waals surface area contributed by atoms with Crippen LogP contribution in [0.5, 0.6) is 0 Å². The molecule has 0 spiro atoms. The predicted molar refractivity (Wildman–Crippen MR) is 67.9 cm³/mol. The molecule has 0 fully saturated rings. The largest absolute Gasteiger partial charge is 0.340 e. The average molecular weight is 298 g/mol. The van der Waals surface area contributed by atoms with Crippen molar-refractivity contribution in [1.29, 1.82) is 0 Å². The van der Waals surface area contributed by atoms with Gasteiger partial charge in [0.25, 0.3) is 0 Å². The van der Waals surface area contributed by atoms with E-state index in [1.165, 1.54) is 12.1 Å². The second kappa shape index (κ2) is 4.98. The molecule has 0 bridgehead atoms. The van der Waals surface area contributed by atoms with Crippen molar-refractivity contribution in [1.82, 2.24) is 9.55 Å². The molecule has 3 nitrogen and oxygen atoms in total. The molecule has 0 aliphatic heterocycles. The van der Waals surface area contributed by atoms with Crippen LogP contribution in [0.4, 0.5) is 4.39 Å². The summed E-state index contributed by atoms with van der Waals surface area (Å²) < 4.78 is 15.8. The first-order valence-electron chi connectivity index (χ1n) is 5.23. The number of hydrogen-bond acceptors (Lipinski definition) is 2. The molecule has 2 rings (SSSR count). The van der Waals surface area contributed by atoms with Gasteiger partial charge in [-0.15, -0.1) is 0 Å². The summed E-state index contributed by atoms with van der Waals surface area (Å²) in [7, 11) is 1.89. The van der Waals surface area contributed by atoms with Crippen LogP contribution in [0.2, 0.25) is 0 Å². The van der Waals surface area contributed by atoms with Gasteiger partial charge in [0.2, 0.25) is 0 Å². The molecule has 2 aromatic rings. The van der Waals surface area contributed by atoms with E-state index in [1.807, 2.05) is 17.8 Å². The Labute approximate surface area is 108 Å². The van der Waals surface area contributed by atoms with Crippen molar-refractivity contribution in [2.45, 2.75) is 12.5 Å². The minimum atomic E-state index is -0.253. The summed E-state index contributed by atoms with van der Waals surface area (Å²) in [5, 5.41) is 0. The molecular formula is C12H13BrFN3. The predicted octanol–water partition coefficient (Wildman–Crippen LogP) is 2.56. The maximum absolute atomic E-state index is 13.1. The van der Waals surface area contributed by atoms with Crippen LogP contribution in [-0.4, -0.2) is 9.55 Å². The molecule has 0 radical (unpaired) electrons. The van der Waals surface area contributed by atoms with Crippen LogP contribution in [0.1, 0.15) is 17.3 Å². The fraction of sp³-hybridized carbons (Fsp3) is 0.250. The molecule has 1 unspecified atom stereocenters. The lowest BCUT2D eigenvalue weighted by Crippen LogP contribution is -2.14. The SMILES string of the molecule is Cn1cnc(C(N)Cc2cc(F)ccc2Br)c1. The fourth-order valence-corrected chi connectivity index (χ4v) is 2.07. The Morgan fingerprint density at radius 3 is 2.94 bits per heavy atom. The van der Waals surface area contributed by atoms with E-state index in [-0.39, 0.29) is 11.9 Å². The molecule has 0 saturated carbocycles. The topological polar surface area (TPSA) is 43.8 Å². The first-order valence-corrected chi connectivity index (χ1v) is 6.03. The van der Waals surface area contributed by atoms with Crippen LogP contribution < -0.4 is 5.73 Å². The Kier molecular flexibility index (Phi) is 3.59. The number of halogens is 2. The van der Waals surface area contributed by atoms with Crippen molar-refractivity contribution in [2.75, 3.05) is 0 Å². The van der Waals surface area contributed by atoms with Gasteiger partial charge in [0.15, 0.2) is 0 Å². The highest BCUT2D eigenvalue weighted by atomic mass is 79.9. The third-order valence-corrected chi connectivity index (χ3v) is 3.33. The average Bonchev–Trinajstić information content (AvgIpc) is 2.70. The number of rotatable bonds is 3. The van der Waals surface area contributed by atoms with Crippen LogP contribution >= 0.6 is 15.9 Å². The van der Waals surface area contributed by atoms with Gasteiger partial charge in [-0.05, 0) is 30.2 Å². The molecule has 1 atom stereocenters. The second-order valence-corrected chi connectivity index (χ2v) is 4.86. The lowest BCUT2D eigenvalue weighted by molar-refractivity contribution is 0.620. The van der Waals surface area contributed by atoms with Crippen LogP contribution in [0.3, 0.4) is 0 Å². The third kappa shape index (κ3) is 2.92. The molecule has 5 heteroatoms. The van der Waals surface area contributed by atoms with Gasteiger partial charge in [-0.25, -0.2) is 9.37 Å². The number of imidazole rings is 1. The summed E-state index contributed by atoms with van der Waals surface area (Å²) in [6, 6.07) is 4.37. The summed E-state index contributed by atoms with van der Waals surface area (Å²) in [5.74, 6) is -0.253. The molecular weight excluding hydrogens is 285 g/mol. The Morgan fingerprint density at radius 2 is 2.29 bits per heavy atom. The highest BCUT2D eigenvalue weighted by Crippen LogP contribution is 2.22. The van der Waals surface area contributed by atoms with E-state index in [2.05, 4.69) is 20.9 Å². The monoisotopic (exact) mass is 297 g/mol. The van der Waals surface area contributed by atoms with Gasteiger partial charge in [-0.3, -0.25) is 0 Å². The van der Waals surface area contributed by atoms with Gasteiger partial charge in [-0.1, -0.05) is 15.9 Å². The van der Waals surface area contributed by atoms with Crippen molar-refractivity contribution < 1.29 is 4.39 Å². The summed E-state index contributed by atoms with van der Waals surface area (Å²) in [6.45, 7) is 0. The van der Waals surface area contributed by atoms with Crippen LogP contribution in [0.15, 0.2) is 35.2 Å². The summed E-state index contributed by atoms with van der Waals surface area (Å²) in [4.78, 5) is 4.19. The van der Waals surface area contributed by atoms with Crippen molar-refractivity contribution in [3.05, 3.63) is 52.3 Å². The smallest absolute Gasteiger partial charge is 0.123 e. The van der Waals surface area contributed by atoms with Crippen LogP contribution in [0.25, 0.3) is 0 Å². The van der Waals surface area contributed by atoms with Gasteiger partial charge < -0.3 is 10.3 Å². The first kappa shape index (κ1) is 12.3. The Hall–Kier alpha value is -1.20. The number of benzene rings is 1. The molecule has 0 aliphatic carbocycles. The Balaban J connectivity index is 2.18. The van der Waals surface area contributed by atoms with Gasteiger partial charge in [0.05, 0.1) is 18.1 Å². The van der Waals surface area contributed by atoms with Gasteiger partial charge in [0, 0.05) is 17.7 Å². The molecule has 0 saturated heterocycles. The molecule has 0 amide bonds. The number of nitrogens with two attached hydrogens (primary N) is 1. The maximum atomic E-state index is 13.1. The van der Waals surface area contributed by atoms with Gasteiger partial charge >= 0.3 is 0 Å². The lowest BCUT2D eigenvalue weighted by Gasteiger charge is -2.10. The van der Waals surface area contributed by atoms with Gasteiger partial charge in [-0.2, -0.15) is 0 Å². The van der Waals surface area contributed by atoms with Crippen molar-refractivity contribution in [3.8, 4) is 0 Å². The first-order chi connectivity index (χ1) is 8.06.